The van der Waals surface area contributed by atoms with E-state index in [1.807, 2.05) is 12.1 Å². The van der Waals surface area contributed by atoms with Gasteiger partial charge in [0, 0.05) is 11.4 Å². The number of aromatic nitrogens is 3. The molecule has 8 heteroatoms. The molecule has 0 fully saturated rings. The first-order valence-electron chi connectivity index (χ1n) is 6.97. The first-order chi connectivity index (χ1) is 11.1. The highest BCUT2D eigenvalue weighted by atomic mass is 79.9. The Morgan fingerprint density at radius 3 is 2.87 bits per heavy atom. The first kappa shape index (κ1) is 15.8. The van der Waals surface area contributed by atoms with Gasteiger partial charge in [-0.3, -0.25) is 9.59 Å². The Balaban J connectivity index is 1.61. The minimum absolute atomic E-state index is 0.134. The lowest BCUT2D eigenvalue weighted by atomic mass is 10.2. The fraction of sp³-hybridized carbons (Fsp3) is 0.200. The number of nitrogens with zero attached hydrogens (tertiary/aromatic N) is 3. The number of halogens is 1. The van der Waals surface area contributed by atoms with Gasteiger partial charge in [-0.2, -0.15) is 0 Å². The van der Waals surface area contributed by atoms with Gasteiger partial charge < -0.3 is 5.32 Å². The van der Waals surface area contributed by atoms with Gasteiger partial charge in [-0.05, 0) is 46.6 Å². The molecule has 0 unspecified atom stereocenters. The molecule has 3 aromatic rings. The maximum Gasteiger partial charge on any atom is 0.278 e. The lowest BCUT2D eigenvalue weighted by molar-refractivity contribution is -0.121. The van der Waals surface area contributed by atoms with Gasteiger partial charge in [-0.1, -0.05) is 17.3 Å². The van der Waals surface area contributed by atoms with Crippen LogP contribution in [0.3, 0.4) is 0 Å². The van der Waals surface area contributed by atoms with Crippen molar-refractivity contribution < 1.29 is 4.79 Å². The van der Waals surface area contributed by atoms with Crippen LogP contribution in [-0.4, -0.2) is 27.4 Å². The zero-order valence-corrected chi connectivity index (χ0v) is 14.4. The summed E-state index contributed by atoms with van der Waals surface area (Å²) >= 11 is 5.04. The van der Waals surface area contributed by atoms with E-state index in [0.717, 1.165) is 14.9 Å². The van der Waals surface area contributed by atoms with Crippen molar-refractivity contribution in [1.82, 2.24) is 20.3 Å². The second kappa shape index (κ2) is 7.01. The van der Waals surface area contributed by atoms with Crippen molar-refractivity contribution in [2.24, 2.45) is 0 Å². The molecule has 0 aliphatic rings. The first-order valence-corrected chi connectivity index (χ1v) is 8.58. The molecule has 1 aromatic carbocycles. The highest BCUT2D eigenvalue weighted by molar-refractivity contribution is 9.11. The predicted octanol–water partition coefficient (Wildman–Crippen LogP) is 1.97. The van der Waals surface area contributed by atoms with Gasteiger partial charge >= 0.3 is 0 Å². The third-order valence-corrected chi connectivity index (χ3v) is 4.93. The van der Waals surface area contributed by atoms with Crippen molar-refractivity contribution in [3.63, 3.8) is 0 Å². The Hall–Kier alpha value is -2.06. The van der Waals surface area contributed by atoms with Crippen LogP contribution in [-0.2, 0) is 17.8 Å². The molecule has 1 N–H and O–H groups in total. The van der Waals surface area contributed by atoms with Crippen LogP contribution in [0.1, 0.15) is 4.88 Å². The lowest BCUT2D eigenvalue weighted by Gasteiger charge is -2.06. The molecule has 0 aliphatic heterocycles. The highest BCUT2D eigenvalue weighted by Gasteiger charge is 2.09. The summed E-state index contributed by atoms with van der Waals surface area (Å²) in [6, 6.07) is 10.9. The number of thiophene rings is 1. The van der Waals surface area contributed by atoms with E-state index in [1.54, 1.807) is 35.6 Å². The van der Waals surface area contributed by atoms with Gasteiger partial charge in [-0.25, -0.2) is 4.68 Å². The molecule has 0 radical (unpaired) electrons. The van der Waals surface area contributed by atoms with Crippen LogP contribution in [0, 0.1) is 0 Å². The molecule has 23 heavy (non-hydrogen) atoms. The van der Waals surface area contributed by atoms with Gasteiger partial charge in [0.2, 0.25) is 5.91 Å². The molecule has 6 nitrogen and oxygen atoms in total. The molecule has 118 valence electrons. The number of rotatable bonds is 5. The number of nitrogens with one attached hydrogen (secondary N) is 1. The van der Waals surface area contributed by atoms with Gasteiger partial charge in [0.1, 0.15) is 12.1 Å². The standard InChI is InChI=1S/C15H13BrN4O2S/c16-13-6-5-10(23-13)7-8-17-14(21)9-20-15(22)11-3-1-2-4-12(11)18-19-20/h1-6H,7-9H2,(H,17,21). The normalized spacial score (nSPS) is 10.8. The van der Waals surface area contributed by atoms with Crippen molar-refractivity contribution in [3.8, 4) is 0 Å². The molecule has 3 rings (SSSR count). The molecule has 0 saturated carbocycles. The van der Waals surface area contributed by atoms with E-state index >= 15 is 0 Å². The largest absolute Gasteiger partial charge is 0.354 e. The second-order valence-electron chi connectivity index (χ2n) is 4.88. The third kappa shape index (κ3) is 3.83. The smallest absolute Gasteiger partial charge is 0.278 e. The number of amides is 1. The van der Waals surface area contributed by atoms with E-state index in [4.69, 9.17) is 0 Å². The minimum Gasteiger partial charge on any atom is -0.354 e. The fourth-order valence-corrected chi connectivity index (χ4v) is 3.61. The Bertz CT molecular complexity index is 906. The second-order valence-corrected chi connectivity index (χ2v) is 7.42. The van der Waals surface area contributed by atoms with Crippen LogP contribution in [0.5, 0.6) is 0 Å². The Morgan fingerprint density at radius 1 is 1.26 bits per heavy atom. The van der Waals surface area contributed by atoms with E-state index in [0.29, 0.717) is 17.4 Å². The van der Waals surface area contributed by atoms with Crippen LogP contribution in [0.15, 0.2) is 45.0 Å². The summed E-state index contributed by atoms with van der Waals surface area (Å²) in [7, 11) is 0. The topological polar surface area (TPSA) is 76.9 Å². The van der Waals surface area contributed by atoms with E-state index < -0.39 is 0 Å². The average molecular weight is 393 g/mol. The number of carbonyl (C=O) groups excluding carboxylic acids is 1. The number of hydrogen-bond donors (Lipinski definition) is 1. The van der Waals surface area contributed by atoms with Crippen LogP contribution >= 0.6 is 27.3 Å². The van der Waals surface area contributed by atoms with Gasteiger partial charge in [0.05, 0.1) is 9.17 Å². The number of fused-ring (bicyclic) bond motifs is 1. The van der Waals surface area contributed by atoms with Crippen LogP contribution in [0.25, 0.3) is 10.9 Å². The Labute approximate surface area is 144 Å². The monoisotopic (exact) mass is 392 g/mol. The zero-order valence-electron chi connectivity index (χ0n) is 12.0. The number of carbonyl (C=O) groups is 1. The highest BCUT2D eigenvalue weighted by Crippen LogP contribution is 2.21. The molecule has 2 heterocycles. The van der Waals surface area contributed by atoms with E-state index in [1.165, 1.54) is 4.88 Å². The summed E-state index contributed by atoms with van der Waals surface area (Å²) in [5.74, 6) is -0.257. The molecule has 0 saturated heterocycles. The maximum absolute atomic E-state index is 12.2. The quantitative estimate of drug-likeness (QED) is 0.719. The molecule has 0 aliphatic carbocycles. The molecule has 1 amide bonds. The minimum atomic E-state index is -0.312. The summed E-state index contributed by atoms with van der Waals surface area (Å²) in [5.41, 5.74) is 0.213. The van der Waals surface area contributed by atoms with Crippen molar-refractivity contribution >= 4 is 44.1 Å². The summed E-state index contributed by atoms with van der Waals surface area (Å²) in [4.78, 5) is 25.4. The van der Waals surface area contributed by atoms with E-state index in [2.05, 4.69) is 31.6 Å². The van der Waals surface area contributed by atoms with Crippen LogP contribution in [0.4, 0.5) is 0 Å². The molecule has 0 bridgehead atoms. The summed E-state index contributed by atoms with van der Waals surface area (Å²) in [6.07, 6.45) is 0.750. The third-order valence-electron chi connectivity index (χ3n) is 3.25. The van der Waals surface area contributed by atoms with E-state index in [9.17, 15) is 9.59 Å². The molecular formula is C15H13BrN4O2S. The van der Waals surface area contributed by atoms with E-state index in [-0.39, 0.29) is 18.0 Å². The molecular weight excluding hydrogens is 380 g/mol. The summed E-state index contributed by atoms with van der Waals surface area (Å²) in [6.45, 7) is 0.381. The Kier molecular flexibility index (Phi) is 4.82. The number of benzene rings is 1. The predicted molar refractivity (Wildman–Crippen MR) is 92.5 cm³/mol. The molecule has 0 spiro atoms. The van der Waals surface area contributed by atoms with Gasteiger partial charge in [0.25, 0.3) is 5.56 Å². The average Bonchev–Trinajstić information content (AvgIpc) is 2.96. The number of hydrogen-bond acceptors (Lipinski definition) is 5. The van der Waals surface area contributed by atoms with Crippen LogP contribution < -0.4 is 10.9 Å². The summed E-state index contributed by atoms with van der Waals surface area (Å²) in [5, 5.41) is 11.0. The van der Waals surface area contributed by atoms with Crippen molar-refractivity contribution in [1.29, 1.82) is 0 Å². The molecule has 0 atom stereocenters. The zero-order chi connectivity index (χ0) is 16.2. The molecule has 2 aromatic heterocycles. The fourth-order valence-electron chi connectivity index (χ4n) is 2.13. The van der Waals surface area contributed by atoms with Gasteiger partial charge in [-0.15, -0.1) is 16.4 Å². The van der Waals surface area contributed by atoms with Crippen molar-refractivity contribution in [2.75, 3.05) is 6.54 Å². The maximum atomic E-state index is 12.2. The van der Waals surface area contributed by atoms with Crippen LogP contribution in [0.2, 0.25) is 0 Å². The summed E-state index contributed by atoms with van der Waals surface area (Å²) < 4.78 is 2.15. The SMILES string of the molecule is O=C(Cn1nnc2ccccc2c1=O)NCCc1ccc(Br)s1. The lowest BCUT2D eigenvalue weighted by Crippen LogP contribution is -2.35. The van der Waals surface area contributed by atoms with Crippen molar-refractivity contribution in [3.05, 3.63) is 55.4 Å². The van der Waals surface area contributed by atoms with Crippen molar-refractivity contribution in [2.45, 2.75) is 13.0 Å². The Morgan fingerprint density at radius 2 is 2.09 bits per heavy atom. The van der Waals surface area contributed by atoms with Gasteiger partial charge in [0.15, 0.2) is 0 Å².